The monoisotopic (exact) mass is 273 g/mol. The van der Waals surface area contributed by atoms with Gasteiger partial charge in [0, 0.05) is 26.1 Å². The van der Waals surface area contributed by atoms with Crippen LogP contribution >= 0.6 is 23.4 Å². The smallest absolute Gasteiger partial charge is 0.0772 e. The number of halogens is 1. The van der Waals surface area contributed by atoms with Crippen LogP contribution in [0.2, 0.25) is 5.02 Å². The molecule has 1 nitrogen and oxygen atoms in total. The van der Waals surface area contributed by atoms with Crippen molar-refractivity contribution in [3.8, 4) is 0 Å². The minimum absolute atomic E-state index is 0.765. The van der Waals surface area contributed by atoms with Crippen LogP contribution in [-0.4, -0.2) is 5.71 Å². The second kappa shape index (κ2) is 4.79. The van der Waals surface area contributed by atoms with Gasteiger partial charge in [0.2, 0.25) is 0 Å². The van der Waals surface area contributed by atoms with Gasteiger partial charge in [0.05, 0.1) is 5.69 Å². The predicted octanol–water partition coefficient (Wildman–Crippen LogP) is 5.34. The maximum Gasteiger partial charge on any atom is 0.0772 e. The molecule has 3 rings (SSSR count). The average molecular weight is 274 g/mol. The summed E-state index contributed by atoms with van der Waals surface area (Å²) in [6.45, 7) is 2.13. The van der Waals surface area contributed by atoms with Crippen molar-refractivity contribution in [1.82, 2.24) is 0 Å². The van der Waals surface area contributed by atoms with E-state index in [-0.39, 0.29) is 0 Å². The van der Waals surface area contributed by atoms with E-state index in [0.717, 1.165) is 28.4 Å². The normalized spacial score (nSPS) is 13.3. The van der Waals surface area contributed by atoms with Gasteiger partial charge in [-0.15, -0.1) is 0 Å². The van der Waals surface area contributed by atoms with E-state index in [1.165, 1.54) is 9.79 Å². The van der Waals surface area contributed by atoms with Gasteiger partial charge in [0.25, 0.3) is 0 Å². The lowest BCUT2D eigenvalue weighted by Gasteiger charge is -2.07. The summed E-state index contributed by atoms with van der Waals surface area (Å²) in [5.41, 5.74) is 3.31. The molecule has 0 N–H and O–H groups in total. The molecule has 0 spiro atoms. The van der Waals surface area contributed by atoms with Crippen LogP contribution < -0.4 is 0 Å². The standard InChI is InChI=1S/C15H12ClNS/c1-2-12-11-9-10(16)7-8-14(11)18-15-6-4-3-5-13(15)17-12/h3-9H,2H2,1H3. The molecular formula is C15H12ClNS. The number of para-hydroxylation sites is 1. The van der Waals surface area contributed by atoms with E-state index in [4.69, 9.17) is 16.6 Å². The molecule has 0 amide bonds. The van der Waals surface area contributed by atoms with E-state index in [2.05, 4.69) is 25.1 Å². The zero-order valence-corrected chi connectivity index (χ0v) is 11.6. The average Bonchev–Trinajstić information content (AvgIpc) is 2.54. The molecule has 2 aromatic rings. The number of rotatable bonds is 1. The van der Waals surface area contributed by atoms with Crippen LogP contribution in [0.3, 0.4) is 0 Å². The Bertz CT molecular complexity index is 634. The number of benzene rings is 2. The van der Waals surface area contributed by atoms with Crippen LogP contribution in [0.25, 0.3) is 0 Å². The highest BCUT2D eigenvalue weighted by molar-refractivity contribution is 7.99. The second-order valence-corrected chi connectivity index (χ2v) is 5.64. The number of aliphatic imine (C=N–C) groups is 1. The van der Waals surface area contributed by atoms with Crippen molar-refractivity contribution >= 4 is 34.8 Å². The molecule has 3 heteroatoms. The summed E-state index contributed by atoms with van der Waals surface area (Å²) in [5.74, 6) is 0. The largest absolute Gasteiger partial charge is 0.252 e. The molecule has 0 atom stereocenters. The Labute approximate surface area is 116 Å². The quantitative estimate of drug-likeness (QED) is 0.683. The molecule has 0 radical (unpaired) electrons. The van der Waals surface area contributed by atoms with Crippen molar-refractivity contribution < 1.29 is 0 Å². The molecule has 1 aliphatic rings. The molecule has 0 unspecified atom stereocenters. The van der Waals surface area contributed by atoms with Gasteiger partial charge in [-0.05, 0) is 36.8 Å². The molecule has 0 saturated carbocycles. The van der Waals surface area contributed by atoms with Crippen molar-refractivity contribution in [1.29, 1.82) is 0 Å². The van der Waals surface area contributed by atoms with Crippen molar-refractivity contribution in [3.05, 3.63) is 53.1 Å². The van der Waals surface area contributed by atoms with E-state index in [1.807, 2.05) is 24.3 Å². The predicted molar refractivity (Wildman–Crippen MR) is 78.5 cm³/mol. The van der Waals surface area contributed by atoms with Gasteiger partial charge >= 0.3 is 0 Å². The van der Waals surface area contributed by atoms with Crippen molar-refractivity contribution in [2.75, 3.05) is 0 Å². The van der Waals surface area contributed by atoms with Crippen LogP contribution in [0.5, 0.6) is 0 Å². The minimum Gasteiger partial charge on any atom is -0.252 e. The van der Waals surface area contributed by atoms with Crippen LogP contribution in [0, 0.1) is 0 Å². The van der Waals surface area contributed by atoms with E-state index >= 15 is 0 Å². The third-order valence-electron chi connectivity index (χ3n) is 2.93. The summed E-state index contributed by atoms with van der Waals surface area (Å²) in [5, 5.41) is 0.765. The lowest BCUT2D eigenvalue weighted by molar-refractivity contribution is 1.24. The molecule has 0 aromatic heterocycles. The topological polar surface area (TPSA) is 12.4 Å². The van der Waals surface area contributed by atoms with Crippen LogP contribution in [0.4, 0.5) is 5.69 Å². The lowest BCUT2D eigenvalue weighted by Crippen LogP contribution is -1.99. The maximum atomic E-state index is 6.10. The van der Waals surface area contributed by atoms with E-state index in [1.54, 1.807) is 11.8 Å². The fourth-order valence-corrected chi connectivity index (χ4v) is 3.24. The zero-order chi connectivity index (χ0) is 12.5. The highest BCUT2D eigenvalue weighted by Gasteiger charge is 2.16. The third kappa shape index (κ3) is 2.06. The van der Waals surface area contributed by atoms with Crippen LogP contribution in [0.15, 0.2) is 57.2 Å². The highest BCUT2D eigenvalue weighted by Crippen LogP contribution is 2.41. The molecule has 0 bridgehead atoms. The van der Waals surface area contributed by atoms with Gasteiger partial charge in [-0.25, -0.2) is 0 Å². The molecule has 0 fully saturated rings. The van der Waals surface area contributed by atoms with Crippen molar-refractivity contribution in [3.63, 3.8) is 0 Å². The number of fused-ring (bicyclic) bond motifs is 2. The van der Waals surface area contributed by atoms with Gasteiger partial charge in [0.15, 0.2) is 0 Å². The molecule has 90 valence electrons. The summed E-state index contributed by atoms with van der Waals surface area (Å²) < 4.78 is 0. The number of hydrogen-bond acceptors (Lipinski definition) is 2. The fourth-order valence-electron chi connectivity index (χ4n) is 2.05. The maximum absolute atomic E-state index is 6.10. The summed E-state index contributed by atoms with van der Waals surface area (Å²) in [6.07, 6.45) is 0.905. The Kier molecular flexibility index (Phi) is 3.14. The Morgan fingerprint density at radius 3 is 2.78 bits per heavy atom. The number of hydrogen-bond donors (Lipinski definition) is 0. The summed E-state index contributed by atoms with van der Waals surface area (Å²) in [6, 6.07) is 14.3. The van der Waals surface area contributed by atoms with E-state index in [0.29, 0.717) is 0 Å². The van der Waals surface area contributed by atoms with Gasteiger partial charge < -0.3 is 0 Å². The first kappa shape index (κ1) is 11.8. The first-order valence-electron chi connectivity index (χ1n) is 5.92. The molecule has 2 aromatic carbocycles. The highest BCUT2D eigenvalue weighted by atomic mass is 35.5. The SMILES string of the molecule is CCC1=Nc2ccccc2Sc2ccc(Cl)cc21. The van der Waals surface area contributed by atoms with E-state index < -0.39 is 0 Å². The molecule has 0 aliphatic carbocycles. The van der Waals surface area contributed by atoms with Gasteiger partial charge in [-0.2, -0.15) is 0 Å². The minimum atomic E-state index is 0.765. The third-order valence-corrected chi connectivity index (χ3v) is 4.30. The Morgan fingerprint density at radius 2 is 1.94 bits per heavy atom. The van der Waals surface area contributed by atoms with Crippen LogP contribution in [0.1, 0.15) is 18.9 Å². The molecule has 18 heavy (non-hydrogen) atoms. The Morgan fingerprint density at radius 1 is 1.11 bits per heavy atom. The fraction of sp³-hybridized carbons (Fsp3) is 0.133. The lowest BCUT2D eigenvalue weighted by atomic mass is 10.1. The van der Waals surface area contributed by atoms with Gasteiger partial charge in [0.1, 0.15) is 0 Å². The molecular weight excluding hydrogens is 262 g/mol. The Hall–Kier alpha value is -1.25. The van der Waals surface area contributed by atoms with Crippen LogP contribution in [-0.2, 0) is 0 Å². The summed E-state index contributed by atoms with van der Waals surface area (Å²) >= 11 is 7.86. The molecule has 1 aliphatic heterocycles. The van der Waals surface area contributed by atoms with Crippen molar-refractivity contribution in [2.24, 2.45) is 4.99 Å². The molecule has 1 heterocycles. The molecule has 0 saturated heterocycles. The van der Waals surface area contributed by atoms with Gasteiger partial charge in [-0.3, -0.25) is 4.99 Å². The summed E-state index contributed by atoms with van der Waals surface area (Å²) in [7, 11) is 0. The van der Waals surface area contributed by atoms with Gasteiger partial charge in [-0.1, -0.05) is 42.4 Å². The van der Waals surface area contributed by atoms with E-state index in [9.17, 15) is 0 Å². The zero-order valence-electron chi connectivity index (χ0n) is 9.98. The van der Waals surface area contributed by atoms with Crippen molar-refractivity contribution in [2.45, 2.75) is 23.1 Å². The second-order valence-electron chi connectivity index (χ2n) is 4.12. The first-order valence-corrected chi connectivity index (χ1v) is 7.11. The Balaban J connectivity index is 2.24. The number of nitrogens with zero attached hydrogens (tertiary/aromatic N) is 1. The summed E-state index contributed by atoms with van der Waals surface area (Å²) in [4.78, 5) is 7.20. The first-order chi connectivity index (χ1) is 8.78.